The number of amides is 1. The van der Waals surface area contributed by atoms with Crippen LogP contribution >= 0.6 is 0 Å². The number of carbonyl (C=O) groups excluding carboxylic acids is 1. The number of carbonyl (C=O) groups is 1. The lowest BCUT2D eigenvalue weighted by Gasteiger charge is -2.01. The van der Waals surface area contributed by atoms with E-state index in [1.165, 1.54) is 9.08 Å². The summed E-state index contributed by atoms with van der Waals surface area (Å²) in [5, 5.41) is 7.05. The lowest BCUT2D eigenvalue weighted by atomic mass is 10.4. The van der Waals surface area contributed by atoms with E-state index in [1.807, 2.05) is 6.07 Å². The number of aryl methyl sites for hydroxylation is 1. The van der Waals surface area contributed by atoms with E-state index >= 15 is 0 Å². The van der Waals surface area contributed by atoms with E-state index < -0.39 is 0 Å². The highest BCUT2D eigenvalue weighted by atomic mass is 16.2. The molecular weight excluding hydrogens is 232 g/mol. The van der Waals surface area contributed by atoms with Crippen molar-refractivity contribution in [1.29, 1.82) is 0 Å². The van der Waals surface area contributed by atoms with Crippen LogP contribution in [0.3, 0.4) is 0 Å². The largest absolute Gasteiger partial charge is 0.353 e. The van der Waals surface area contributed by atoms with Gasteiger partial charge in [-0.3, -0.25) is 9.20 Å². The molecule has 1 aliphatic rings. The Bertz CT molecular complexity index is 639. The van der Waals surface area contributed by atoms with Crippen molar-refractivity contribution in [2.75, 3.05) is 0 Å². The Hall–Kier alpha value is -2.11. The van der Waals surface area contributed by atoms with Gasteiger partial charge in [0.25, 0.3) is 0 Å². The zero-order chi connectivity index (χ0) is 12.5. The van der Waals surface area contributed by atoms with Gasteiger partial charge in [0.15, 0.2) is 5.65 Å². The quantitative estimate of drug-likeness (QED) is 0.835. The SMILES string of the molecule is O=C(CCn1nc2ccccn2c1=O)NC1CC1. The van der Waals surface area contributed by atoms with Crippen molar-refractivity contribution in [1.82, 2.24) is 19.5 Å². The van der Waals surface area contributed by atoms with E-state index in [0.717, 1.165) is 12.8 Å². The first-order chi connectivity index (χ1) is 8.74. The fourth-order valence-electron chi connectivity index (χ4n) is 1.85. The van der Waals surface area contributed by atoms with Crippen molar-refractivity contribution in [3.8, 4) is 0 Å². The molecule has 6 nitrogen and oxygen atoms in total. The number of aromatic nitrogens is 3. The summed E-state index contributed by atoms with van der Waals surface area (Å²) in [4.78, 5) is 23.4. The Morgan fingerprint density at radius 2 is 2.28 bits per heavy atom. The number of nitrogens with zero attached hydrogens (tertiary/aromatic N) is 3. The van der Waals surface area contributed by atoms with Gasteiger partial charge in [-0.1, -0.05) is 6.07 Å². The summed E-state index contributed by atoms with van der Waals surface area (Å²) in [7, 11) is 0. The van der Waals surface area contributed by atoms with Gasteiger partial charge in [-0.2, -0.15) is 0 Å². The topological polar surface area (TPSA) is 68.4 Å². The third kappa shape index (κ3) is 2.13. The molecule has 2 aromatic rings. The van der Waals surface area contributed by atoms with Crippen LogP contribution < -0.4 is 11.0 Å². The molecule has 0 saturated heterocycles. The average Bonchev–Trinajstić information content (AvgIpc) is 3.12. The van der Waals surface area contributed by atoms with Crippen molar-refractivity contribution in [3.63, 3.8) is 0 Å². The molecule has 18 heavy (non-hydrogen) atoms. The minimum Gasteiger partial charge on any atom is -0.353 e. The molecule has 0 unspecified atom stereocenters. The predicted octanol–water partition coefficient (Wildman–Crippen LogP) is 0.165. The first-order valence-electron chi connectivity index (χ1n) is 6.07. The molecule has 1 N–H and O–H groups in total. The first kappa shape index (κ1) is 11.0. The number of hydrogen-bond donors (Lipinski definition) is 1. The summed E-state index contributed by atoms with van der Waals surface area (Å²) in [5.41, 5.74) is 0.398. The van der Waals surface area contributed by atoms with Gasteiger partial charge in [0.1, 0.15) is 0 Å². The molecular formula is C12H14N4O2. The molecule has 0 radical (unpaired) electrons. The summed E-state index contributed by atoms with van der Waals surface area (Å²) in [6.07, 6.45) is 4.10. The van der Waals surface area contributed by atoms with Crippen molar-refractivity contribution >= 4 is 11.6 Å². The van der Waals surface area contributed by atoms with Gasteiger partial charge in [-0.15, -0.1) is 5.10 Å². The van der Waals surface area contributed by atoms with Gasteiger partial charge in [-0.25, -0.2) is 9.48 Å². The van der Waals surface area contributed by atoms with Crippen LogP contribution in [0, 0.1) is 0 Å². The molecule has 0 spiro atoms. The normalized spacial score (nSPS) is 14.9. The Morgan fingerprint density at radius 3 is 3.00 bits per heavy atom. The zero-order valence-electron chi connectivity index (χ0n) is 9.87. The summed E-state index contributed by atoms with van der Waals surface area (Å²) in [6, 6.07) is 5.73. The molecule has 1 fully saturated rings. The Morgan fingerprint density at radius 1 is 1.44 bits per heavy atom. The Labute approximate surface area is 103 Å². The molecule has 1 aliphatic carbocycles. The maximum Gasteiger partial charge on any atom is 0.350 e. The average molecular weight is 246 g/mol. The van der Waals surface area contributed by atoms with E-state index in [9.17, 15) is 9.59 Å². The van der Waals surface area contributed by atoms with Crippen molar-refractivity contribution < 1.29 is 4.79 Å². The molecule has 0 aromatic carbocycles. The second kappa shape index (κ2) is 4.29. The smallest absolute Gasteiger partial charge is 0.350 e. The van der Waals surface area contributed by atoms with Crippen molar-refractivity contribution in [3.05, 3.63) is 34.9 Å². The molecule has 0 bridgehead atoms. The first-order valence-corrected chi connectivity index (χ1v) is 6.07. The summed E-state index contributed by atoms with van der Waals surface area (Å²) in [5.74, 6) is -0.0125. The van der Waals surface area contributed by atoms with Crippen LogP contribution in [0.2, 0.25) is 0 Å². The second-order valence-corrected chi connectivity index (χ2v) is 4.53. The molecule has 2 heterocycles. The van der Waals surface area contributed by atoms with Crippen molar-refractivity contribution in [2.24, 2.45) is 0 Å². The van der Waals surface area contributed by atoms with E-state index in [1.54, 1.807) is 18.3 Å². The molecule has 94 valence electrons. The number of fused-ring (bicyclic) bond motifs is 1. The number of pyridine rings is 1. The fourth-order valence-corrected chi connectivity index (χ4v) is 1.85. The maximum absolute atomic E-state index is 11.9. The lowest BCUT2D eigenvalue weighted by molar-refractivity contribution is -0.121. The van der Waals surface area contributed by atoms with Crippen LogP contribution in [0.1, 0.15) is 19.3 Å². The molecule has 0 aliphatic heterocycles. The van der Waals surface area contributed by atoms with Gasteiger partial charge in [0.05, 0.1) is 6.54 Å². The molecule has 1 amide bonds. The molecule has 6 heteroatoms. The molecule has 1 saturated carbocycles. The van der Waals surface area contributed by atoms with E-state index in [-0.39, 0.29) is 11.6 Å². The highest BCUT2D eigenvalue weighted by Crippen LogP contribution is 2.18. The molecule has 3 rings (SSSR count). The standard InChI is InChI=1S/C12H14N4O2/c17-11(13-9-4-5-9)6-8-16-12(18)15-7-2-1-3-10(15)14-16/h1-3,7,9H,4-6,8H2,(H,13,17). The van der Waals surface area contributed by atoms with Crippen molar-refractivity contribution in [2.45, 2.75) is 31.8 Å². The van der Waals surface area contributed by atoms with Gasteiger partial charge >= 0.3 is 5.69 Å². The predicted molar refractivity (Wildman–Crippen MR) is 65.2 cm³/mol. The Balaban J connectivity index is 1.72. The molecule has 0 atom stereocenters. The summed E-state index contributed by atoms with van der Waals surface area (Å²) < 4.78 is 2.81. The molecule has 2 aromatic heterocycles. The van der Waals surface area contributed by atoms with E-state index in [2.05, 4.69) is 10.4 Å². The summed E-state index contributed by atoms with van der Waals surface area (Å²) >= 11 is 0. The minimum absolute atomic E-state index is 0.0125. The number of hydrogen-bond acceptors (Lipinski definition) is 3. The zero-order valence-corrected chi connectivity index (χ0v) is 9.87. The fraction of sp³-hybridized carbons (Fsp3) is 0.417. The maximum atomic E-state index is 11.9. The van der Waals surface area contributed by atoms with Gasteiger partial charge in [0, 0.05) is 18.7 Å². The highest BCUT2D eigenvalue weighted by Gasteiger charge is 2.23. The third-order valence-corrected chi connectivity index (χ3v) is 2.98. The third-order valence-electron chi connectivity index (χ3n) is 2.98. The minimum atomic E-state index is -0.204. The van der Waals surface area contributed by atoms with Crippen LogP contribution in [0.5, 0.6) is 0 Å². The van der Waals surface area contributed by atoms with Crippen LogP contribution in [0.4, 0.5) is 0 Å². The van der Waals surface area contributed by atoms with Crippen LogP contribution in [-0.4, -0.2) is 26.1 Å². The summed E-state index contributed by atoms with van der Waals surface area (Å²) in [6.45, 7) is 0.319. The number of rotatable bonds is 4. The monoisotopic (exact) mass is 246 g/mol. The second-order valence-electron chi connectivity index (χ2n) is 4.53. The van der Waals surface area contributed by atoms with E-state index in [0.29, 0.717) is 24.7 Å². The van der Waals surface area contributed by atoms with E-state index in [4.69, 9.17) is 0 Å². The highest BCUT2D eigenvalue weighted by molar-refractivity contribution is 5.76. The lowest BCUT2D eigenvalue weighted by Crippen LogP contribution is -2.29. The van der Waals surface area contributed by atoms with Gasteiger partial charge < -0.3 is 5.32 Å². The van der Waals surface area contributed by atoms with Crippen LogP contribution in [0.15, 0.2) is 29.2 Å². The van der Waals surface area contributed by atoms with Gasteiger partial charge in [0.2, 0.25) is 5.91 Å². The Kier molecular flexibility index (Phi) is 2.62. The van der Waals surface area contributed by atoms with Crippen LogP contribution in [-0.2, 0) is 11.3 Å². The van der Waals surface area contributed by atoms with Gasteiger partial charge in [-0.05, 0) is 25.0 Å². The number of nitrogens with one attached hydrogen (secondary N) is 1. The van der Waals surface area contributed by atoms with Crippen LogP contribution in [0.25, 0.3) is 5.65 Å².